The van der Waals surface area contributed by atoms with Crippen molar-refractivity contribution >= 4 is 0 Å². The maximum Gasteiger partial charge on any atom is 0.215 e. The molecule has 0 bridgehead atoms. The molecule has 0 aromatic carbocycles. The molecule has 0 atom stereocenters. The van der Waals surface area contributed by atoms with Crippen LogP contribution in [0.15, 0.2) is 18.3 Å². The third kappa shape index (κ3) is 3.37. The van der Waals surface area contributed by atoms with Crippen molar-refractivity contribution in [2.24, 2.45) is 5.90 Å². The molecule has 0 saturated heterocycles. The minimum atomic E-state index is 0.194. The Labute approximate surface area is 76.4 Å². The van der Waals surface area contributed by atoms with Crippen LogP contribution in [-0.2, 0) is 16.2 Å². The van der Waals surface area contributed by atoms with E-state index in [1.807, 2.05) is 6.07 Å². The Hall–Kier alpha value is -1.17. The molecule has 0 radical (unpaired) electrons. The second kappa shape index (κ2) is 5.47. The van der Waals surface area contributed by atoms with Crippen LogP contribution >= 0.6 is 0 Å². The highest BCUT2D eigenvalue weighted by Crippen LogP contribution is 2.07. The summed E-state index contributed by atoms with van der Waals surface area (Å²) >= 11 is 0. The van der Waals surface area contributed by atoms with Gasteiger partial charge in [-0.15, -0.1) is 0 Å². The Morgan fingerprint density at radius 2 is 2.31 bits per heavy atom. The highest BCUT2D eigenvalue weighted by atomic mass is 16.7. The summed E-state index contributed by atoms with van der Waals surface area (Å²) in [6.45, 7) is 0.539. The first-order chi connectivity index (χ1) is 6.36. The average molecular weight is 184 g/mol. The first-order valence-electron chi connectivity index (χ1n) is 3.75. The minimum absolute atomic E-state index is 0.194. The molecule has 0 aliphatic heterocycles. The number of methoxy groups -OCH3 is 1. The Bertz CT molecular complexity index is 238. The molecule has 0 amide bonds. The van der Waals surface area contributed by atoms with Crippen LogP contribution in [-0.4, -0.2) is 18.9 Å². The van der Waals surface area contributed by atoms with Crippen molar-refractivity contribution in [2.45, 2.75) is 6.61 Å². The van der Waals surface area contributed by atoms with Gasteiger partial charge in [0.15, 0.2) is 6.79 Å². The minimum Gasteiger partial charge on any atom is -0.451 e. The molecule has 0 unspecified atom stereocenters. The van der Waals surface area contributed by atoms with Gasteiger partial charge in [-0.25, -0.2) is 10.9 Å². The molecule has 1 aromatic rings. The van der Waals surface area contributed by atoms with Crippen LogP contribution in [0, 0.1) is 0 Å². The highest BCUT2D eigenvalue weighted by Gasteiger charge is 1.95. The second-order valence-corrected chi connectivity index (χ2v) is 2.37. The van der Waals surface area contributed by atoms with E-state index in [0.717, 1.165) is 5.56 Å². The molecule has 0 saturated carbocycles. The Kier molecular flexibility index (Phi) is 4.17. The van der Waals surface area contributed by atoms with Crippen LogP contribution in [0.25, 0.3) is 0 Å². The molecule has 72 valence electrons. The monoisotopic (exact) mass is 184 g/mol. The summed E-state index contributed by atoms with van der Waals surface area (Å²) in [6.07, 6.45) is 1.64. The SMILES string of the molecule is COCOc1ccc(CON)cn1. The van der Waals surface area contributed by atoms with Gasteiger partial charge in [0, 0.05) is 19.4 Å². The van der Waals surface area contributed by atoms with E-state index < -0.39 is 0 Å². The van der Waals surface area contributed by atoms with E-state index in [1.165, 1.54) is 0 Å². The number of nitrogens with two attached hydrogens (primary N) is 1. The highest BCUT2D eigenvalue weighted by molar-refractivity contribution is 5.16. The smallest absolute Gasteiger partial charge is 0.215 e. The zero-order valence-corrected chi connectivity index (χ0v) is 7.40. The van der Waals surface area contributed by atoms with Gasteiger partial charge in [-0.3, -0.25) is 4.84 Å². The summed E-state index contributed by atoms with van der Waals surface area (Å²) < 4.78 is 9.80. The normalized spacial score (nSPS) is 10.0. The quantitative estimate of drug-likeness (QED) is 0.531. The molecule has 0 aliphatic carbocycles. The number of rotatable bonds is 5. The third-order valence-corrected chi connectivity index (χ3v) is 1.37. The Morgan fingerprint density at radius 1 is 1.46 bits per heavy atom. The molecule has 1 rings (SSSR count). The van der Waals surface area contributed by atoms with E-state index in [-0.39, 0.29) is 6.79 Å². The van der Waals surface area contributed by atoms with Crippen LogP contribution in [0.1, 0.15) is 5.56 Å². The molecule has 1 aromatic heterocycles. The number of aromatic nitrogens is 1. The van der Waals surface area contributed by atoms with E-state index in [4.69, 9.17) is 15.4 Å². The first kappa shape index (κ1) is 9.91. The van der Waals surface area contributed by atoms with Gasteiger partial charge in [0.2, 0.25) is 5.88 Å². The van der Waals surface area contributed by atoms with Gasteiger partial charge in [0.25, 0.3) is 0 Å². The van der Waals surface area contributed by atoms with E-state index in [2.05, 4.69) is 9.82 Å². The van der Waals surface area contributed by atoms with Gasteiger partial charge in [0.1, 0.15) is 0 Å². The molecule has 5 nitrogen and oxygen atoms in total. The van der Waals surface area contributed by atoms with Gasteiger partial charge in [-0.1, -0.05) is 0 Å². The van der Waals surface area contributed by atoms with Crippen molar-refractivity contribution in [2.75, 3.05) is 13.9 Å². The summed E-state index contributed by atoms with van der Waals surface area (Å²) in [6, 6.07) is 3.55. The van der Waals surface area contributed by atoms with E-state index >= 15 is 0 Å². The predicted molar refractivity (Wildman–Crippen MR) is 45.7 cm³/mol. The lowest BCUT2D eigenvalue weighted by Gasteiger charge is -2.03. The molecule has 2 N–H and O–H groups in total. The lowest BCUT2D eigenvalue weighted by molar-refractivity contribution is 0.0477. The van der Waals surface area contributed by atoms with Gasteiger partial charge in [-0.2, -0.15) is 0 Å². The second-order valence-electron chi connectivity index (χ2n) is 2.37. The van der Waals surface area contributed by atoms with Crippen LogP contribution < -0.4 is 10.6 Å². The standard InChI is InChI=1S/C8H12N2O3/c1-11-6-12-8-3-2-7(4-10-8)5-13-9/h2-4H,5-6,9H2,1H3. The zero-order chi connectivity index (χ0) is 9.52. The van der Waals surface area contributed by atoms with Crippen molar-refractivity contribution < 1.29 is 14.3 Å². The molecule has 5 heteroatoms. The van der Waals surface area contributed by atoms with E-state index in [9.17, 15) is 0 Å². The third-order valence-electron chi connectivity index (χ3n) is 1.37. The Morgan fingerprint density at radius 3 is 2.85 bits per heavy atom. The molecule has 0 aliphatic rings. The van der Waals surface area contributed by atoms with Crippen LogP contribution in [0.5, 0.6) is 5.88 Å². The van der Waals surface area contributed by atoms with Gasteiger partial charge in [0.05, 0.1) is 6.61 Å². The average Bonchev–Trinajstić information content (AvgIpc) is 2.17. The molecule has 1 heterocycles. The van der Waals surface area contributed by atoms with E-state index in [0.29, 0.717) is 12.5 Å². The molecule has 0 fully saturated rings. The zero-order valence-electron chi connectivity index (χ0n) is 7.40. The van der Waals surface area contributed by atoms with Gasteiger partial charge in [-0.05, 0) is 11.6 Å². The summed E-state index contributed by atoms with van der Waals surface area (Å²) in [5.41, 5.74) is 0.896. The lowest BCUT2D eigenvalue weighted by Crippen LogP contribution is -2.02. The fourth-order valence-electron chi connectivity index (χ4n) is 0.797. The van der Waals surface area contributed by atoms with E-state index in [1.54, 1.807) is 19.4 Å². The van der Waals surface area contributed by atoms with Crippen molar-refractivity contribution in [3.63, 3.8) is 0 Å². The molecular formula is C8H12N2O3. The molecular weight excluding hydrogens is 172 g/mol. The molecule has 0 spiro atoms. The van der Waals surface area contributed by atoms with Crippen molar-refractivity contribution in [1.82, 2.24) is 4.98 Å². The van der Waals surface area contributed by atoms with Crippen LogP contribution in [0.3, 0.4) is 0 Å². The number of ether oxygens (including phenoxy) is 2. The first-order valence-corrected chi connectivity index (χ1v) is 3.75. The van der Waals surface area contributed by atoms with Crippen LogP contribution in [0.4, 0.5) is 0 Å². The van der Waals surface area contributed by atoms with Crippen molar-refractivity contribution in [3.8, 4) is 5.88 Å². The summed E-state index contributed by atoms with van der Waals surface area (Å²) in [5.74, 6) is 5.42. The van der Waals surface area contributed by atoms with Crippen molar-refractivity contribution in [3.05, 3.63) is 23.9 Å². The van der Waals surface area contributed by atoms with Gasteiger partial charge >= 0.3 is 0 Å². The lowest BCUT2D eigenvalue weighted by atomic mass is 10.3. The maximum absolute atomic E-state index is 5.08. The largest absolute Gasteiger partial charge is 0.451 e. The number of pyridine rings is 1. The fourth-order valence-corrected chi connectivity index (χ4v) is 0.797. The topological polar surface area (TPSA) is 66.6 Å². The summed E-state index contributed by atoms with van der Waals surface area (Å²) in [7, 11) is 1.55. The fraction of sp³-hybridized carbons (Fsp3) is 0.375. The summed E-state index contributed by atoms with van der Waals surface area (Å²) in [5, 5.41) is 0. The van der Waals surface area contributed by atoms with Gasteiger partial charge < -0.3 is 9.47 Å². The maximum atomic E-state index is 5.08. The summed E-state index contributed by atoms with van der Waals surface area (Å²) in [4.78, 5) is 8.44. The van der Waals surface area contributed by atoms with Crippen molar-refractivity contribution in [1.29, 1.82) is 0 Å². The Balaban J connectivity index is 2.48. The predicted octanol–water partition coefficient (Wildman–Crippen LogP) is 0.455. The number of nitrogens with zero attached hydrogens (tertiary/aromatic N) is 1. The number of hydrogen-bond donors (Lipinski definition) is 1. The van der Waals surface area contributed by atoms with Crippen LogP contribution in [0.2, 0.25) is 0 Å². The number of hydrogen-bond acceptors (Lipinski definition) is 5. The molecule has 13 heavy (non-hydrogen) atoms.